The summed E-state index contributed by atoms with van der Waals surface area (Å²) in [6.07, 6.45) is 2.88. The second-order valence-corrected chi connectivity index (χ2v) is 10.2. The summed E-state index contributed by atoms with van der Waals surface area (Å²) in [6.45, 7) is 2.13. The number of hydrogen-bond donors (Lipinski definition) is 1. The summed E-state index contributed by atoms with van der Waals surface area (Å²) < 4.78 is 11.6. The van der Waals surface area contributed by atoms with Crippen molar-refractivity contribution in [3.8, 4) is 11.5 Å². The molecule has 0 fully saturated rings. The highest BCUT2D eigenvalue weighted by atomic mass is 35.5. The third kappa shape index (κ3) is 7.26. The van der Waals surface area contributed by atoms with E-state index in [2.05, 4.69) is 13.0 Å². The van der Waals surface area contributed by atoms with Gasteiger partial charge in [-0.1, -0.05) is 48.0 Å². The maximum absolute atomic E-state index is 13.0. The molecule has 3 aromatic carbocycles. The number of ether oxygens (including phenoxy) is 2. The van der Waals surface area contributed by atoms with Crippen LogP contribution >= 0.6 is 11.6 Å². The third-order valence-electron chi connectivity index (χ3n) is 6.65. The van der Waals surface area contributed by atoms with E-state index < -0.39 is 5.97 Å². The first-order chi connectivity index (χ1) is 17.7. The molecule has 0 saturated carbocycles. The molecule has 0 radical (unpaired) electrons. The van der Waals surface area contributed by atoms with Crippen molar-refractivity contribution < 1.29 is 24.2 Å². The van der Waals surface area contributed by atoms with E-state index in [1.54, 1.807) is 7.11 Å². The van der Waals surface area contributed by atoms with E-state index in [0.717, 1.165) is 46.6 Å². The third-order valence-corrected chi connectivity index (χ3v) is 6.90. The fourth-order valence-electron chi connectivity index (χ4n) is 4.82. The monoisotopic (exact) mass is 521 g/mol. The molecule has 194 valence electrons. The van der Waals surface area contributed by atoms with Gasteiger partial charge in [0.1, 0.15) is 23.6 Å². The molecule has 1 aliphatic heterocycles. The maximum Gasteiger partial charge on any atom is 0.323 e. The Hall–Kier alpha value is -3.51. The first-order valence-corrected chi connectivity index (χ1v) is 12.8. The number of fused-ring (bicyclic) bond motifs is 1. The lowest BCUT2D eigenvalue weighted by atomic mass is 9.91. The van der Waals surface area contributed by atoms with Gasteiger partial charge in [-0.2, -0.15) is 0 Å². The Balaban J connectivity index is 1.35. The molecule has 0 saturated heterocycles. The number of aryl methyl sites for hydroxylation is 1. The molecule has 1 atom stereocenters. The van der Waals surface area contributed by atoms with Gasteiger partial charge in [0.25, 0.3) is 0 Å². The van der Waals surface area contributed by atoms with Crippen LogP contribution in [0.2, 0.25) is 5.02 Å². The highest BCUT2D eigenvalue weighted by Gasteiger charge is 2.35. The number of carbonyl (C=O) groups excluding carboxylic acids is 1. The lowest BCUT2D eigenvalue weighted by Crippen LogP contribution is -2.37. The minimum Gasteiger partial charge on any atom is -0.497 e. The van der Waals surface area contributed by atoms with Crippen molar-refractivity contribution in [2.45, 2.75) is 44.6 Å². The predicted molar refractivity (Wildman–Crippen MR) is 144 cm³/mol. The Morgan fingerprint density at radius 1 is 1.03 bits per heavy atom. The molecule has 6 nitrogen and oxygen atoms in total. The van der Waals surface area contributed by atoms with E-state index in [1.165, 1.54) is 4.90 Å². The van der Waals surface area contributed by atoms with Crippen LogP contribution < -0.4 is 9.47 Å². The number of amides is 1. The Kier molecular flexibility index (Phi) is 8.39. The van der Waals surface area contributed by atoms with E-state index >= 15 is 0 Å². The molecular weight excluding hydrogens is 490 g/mol. The van der Waals surface area contributed by atoms with Crippen LogP contribution in [-0.2, 0) is 35.3 Å². The highest BCUT2D eigenvalue weighted by Crippen LogP contribution is 2.37. The van der Waals surface area contributed by atoms with E-state index in [-0.39, 0.29) is 24.5 Å². The Labute approximate surface area is 222 Å². The van der Waals surface area contributed by atoms with Gasteiger partial charge in [0.05, 0.1) is 7.11 Å². The second kappa shape index (κ2) is 11.7. The number of halogens is 1. The molecule has 0 spiro atoms. The maximum atomic E-state index is 13.0. The zero-order valence-electron chi connectivity index (χ0n) is 21.2. The normalized spacial score (nSPS) is 16.1. The summed E-state index contributed by atoms with van der Waals surface area (Å²) in [5, 5.41) is 10.1. The van der Waals surface area contributed by atoms with Crippen LogP contribution in [0.15, 0.2) is 66.7 Å². The van der Waals surface area contributed by atoms with Crippen molar-refractivity contribution in [1.29, 1.82) is 0 Å². The number of benzene rings is 3. The number of methoxy groups -OCH3 is 1. The van der Waals surface area contributed by atoms with E-state index in [9.17, 15) is 14.7 Å². The van der Waals surface area contributed by atoms with Crippen molar-refractivity contribution in [2.75, 3.05) is 20.2 Å². The van der Waals surface area contributed by atoms with Gasteiger partial charge in [-0.25, -0.2) is 0 Å². The van der Waals surface area contributed by atoms with Crippen LogP contribution in [0.3, 0.4) is 0 Å². The summed E-state index contributed by atoms with van der Waals surface area (Å²) in [5.41, 5.74) is 3.97. The van der Waals surface area contributed by atoms with Gasteiger partial charge >= 0.3 is 5.97 Å². The first kappa shape index (κ1) is 26.6. The molecule has 1 amide bonds. The zero-order valence-corrected chi connectivity index (χ0v) is 22.0. The predicted octanol–water partition coefficient (Wildman–Crippen LogP) is 5.37. The largest absolute Gasteiger partial charge is 0.497 e. The van der Waals surface area contributed by atoms with Crippen molar-refractivity contribution >= 4 is 23.5 Å². The molecule has 3 aromatic rings. The molecule has 37 heavy (non-hydrogen) atoms. The van der Waals surface area contributed by atoms with Crippen molar-refractivity contribution in [1.82, 2.24) is 4.90 Å². The number of carboxylic acids is 1. The fourth-order valence-corrected chi connectivity index (χ4v) is 4.95. The molecule has 1 heterocycles. The molecule has 0 aliphatic carbocycles. The van der Waals surface area contributed by atoms with Crippen molar-refractivity contribution in [3.05, 3.63) is 94.0 Å². The number of nitrogens with zero attached hydrogens (tertiary/aromatic N) is 1. The van der Waals surface area contributed by atoms with Gasteiger partial charge in [-0.3, -0.25) is 9.59 Å². The number of aliphatic carboxylic acids is 1. The van der Waals surface area contributed by atoms with Crippen LogP contribution in [0.1, 0.15) is 35.6 Å². The Morgan fingerprint density at radius 2 is 1.76 bits per heavy atom. The van der Waals surface area contributed by atoms with E-state index in [0.29, 0.717) is 24.4 Å². The summed E-state index contributed by atoms with van der Waals surface area (Å²) in [7, 11) is 1.60. The molecule has 0 bridgehead atoms. The van der Waals surface area contributed by atoms with E-state index in [4.69, 9.17) is 21.1 Å². The SMILES string of the molecule is COc1cccc(CCN(CC(=O)O)C(=O)CCc2ccc3c(c2)C[C@@](C)(Cc2ccc(Cl)cc2)O3)c1. The molecule has 1 aliphatic rings. The number of rotatable bonds is 11. The number of carbonyl (C=O) groups is 2. The highest BCUT2D eigenvalue weighted by molar-refractivity contribution is 6.30. The van der Waals surface area contributed by atoms with E-state index in [1.807, 2.05) is 60.7 Å². The Bertz CT molecular complexity index is 1260. The van der Waals surface area contributed by atoms with Gasteiger partial charge < -0.3 is 19.5 Å². The quantitative estimate of drug-likeness (QED) is 0.367. The van der Waals surface area contributed by atoms with Gasteiger partial charge in [0, 0.05) is 30.8 Å². The van der Waals surface area contributed by atoms with Gasteiger partial charge in [-0.15, -0.1) is 0 Å². The lowest BCUT2D eigenvalue weighted by Gasteiger charge is -2.24. The fraction of sp³-hybridized carbons (Fsp3) is 0.333. The average molecular weight is 522 g/mol. The summed E-state index contributed by atoms with van der Waals surface area (Å²) in [6, 6.07) is 21.5. The second-order valence-electron chi connectivity index (χ2n) is 9.78. The van der Waals surface area contributed by atoms with Gasteiger partial charge in [-0.05, 0) is 72.4 Å². The summed E-state index contributed by atoms with van der Waals surface area (Å²) in [4.78, 5) is 25.8. The first-order valence-electron chi connectivity index (χ1n) is 12.4. The topological polar surface area (TPSA) is 76.1 Å². The molecule has 0 unspecified atom stereocenters. The number of hydrogen-bond acceptors (Lipinski definition) is 4. The summed E-state index contributed by atoms with van der Waals surface area (Å²) in [5.74, 6) is 0.416. The minimum absolute atomic E-state index is 0.172. The number of carboxylic acid groups (broad SMARTS) is 1. The molecule has 4 rings (SSSR count). The van der Waals surface area contributed by atoms with Crippen LogP contribution in [0, 0.1) is 0 Å². The minimum atomic E-state index is -1.02. The molecular formula is C30H32ClNO5. The van der Waals surface area contributed by atoms with Gasteiger partial charge in [0.15, 0.2) is 0 Å². The van der Waals surface area contributed by atoms with Crippen LogP contribution in [0.4, 0.5) is 0 Å². The standard InChI is InChI=1S/C30H32ClNO5/c1-30(18-23-6-10-25(31)11-7-23)19-24-16-22(8-12-27(24)37-30)9-13-28(33)32(20-29(34)35)15-14-21-4-3-5-26(17-21)36-2/h3-8,10-12,16-17H,9,13-15,18-20H2,1-2H3,(H,34,35)/t30-/m1/s1. The van der Waals surface area contributed by atoms with Crippen LogP contribution in [0.5, 0.6) is 11.5 Å². The van der Waals surface area contributed by atoms with Crippen LogP contribution in [0.25, 0.3) is 0 Å². The van der Waals surface area contributed by atoms with Gasteiger partial charge in [0.2, 0.25) is 5.91 Å². The smallest absolute Gasteiger partial charge is 0.323 e. The summed E-state index contributed by atoms with van der Waals surface area (Å²) >= 11 is 6.01. The van der Waals surface area contributed by atoms with Crippen molar-refractivity contribution in [2.24, 2.45) is 0 Å². The van der Waals surface area contributed by atoms with Crippen LogP contribution in [-0.4, -0.2) is 47.7 Å². The molecule has 1 N–H and O–H groups in total. The average Bonchev–Trinajstić information content (AvgIpc) is 3.21. The lowest BCUT2D eigenvalue weighted by molar-refractivity contribution is -0.144. The zero-order chi connectivity index (χ0) is 26.4. The molecule has 7 heteroatoms. The Morgan fingerprint density at radius 3 is 2.49 bits per heavy atom. The van der Waals surface area contributed by atoms with Crippen molar-refractivity contribution in [3.63, 3.8) is 0 Å². The molecule has 0 aromatic heterocycles.